The van der Waals surface area contributed by atoms with Gasteiger partial charge in [-0.15, -0.1) is 0 Å². The Balaban J connectivity index is 2.08. The van der Waals surface area contributed by atoms with E-state index in [1.807, 2.05) is 12.1 Å². The Morgan fingerprint density at radius 2 is 2.00 bits per heavy atom. The van der Waals surface area contributed by atoms with E-state index in [4.69, 9.17) is 16.3 Å². The molecule has 0 amide bonds. The normalized spacial score (nSPS) is 15.9. The van der Waals surface area contributed by atoms with Crippen molar-refractivity contribution in [3.63, 3.8) is 0 Å². The van der Waals surface area contributed by atoms with Gasteiger partial charge in [0.15, 0.2) is 0 Å². The number of hydrogen-bond acceptors (Lipinski definition) is 3. The summed E-state index contributed by atoms with van der Waals surface area (Å²) in [5, 5.41) is 19.8. The minimum Gasteiger partial charge on any atom is -0.395 e. The van der Waals surface area contributed by atoms with Crippen LogP contribution >= 0.6 is 11.6 Å². The average molecular weight is 271 g/mol. The number of ether oxygens (including phenoxy) is 1. The summed E-state index contributed by atoms with van der Waals surface area (Å²) in [6, 6.07) is 7.22. The Bertz CT molecular complexity index is 386. The molecule has 1 saturated carbocycles. The van der Waals surface area contributed by atoms with E-state index in [0.29, 0.717) is 24.2 Å². The van der Waals surface area contributed by atoms with Gasteiger partial charge in [0.05, 0.1) is 25.2 Å². The number of aliphatic hydroxyl groups excluding tert-OH is 2. The molecule has 18 heavy (non-hydrogen) atoms. The van der Waals surface area contributed by atoms with Crippen LogP contribution in [0.15, 0.2) is 24.3 Å². The summed E-state index contributed by atoms with van der Waals surface area (Å²) in [5.41, 5.74) is 0.0515. The molecule has 0 saturated heterocycles. The second-order valence-electron chi connectivity index (χ2n) is 5.07. The summed E-state index contributed by atoms with van der Waals surface area (Å²) in [4.78, 5) is 0. The van der Waals surface area contributed by atoms with Gasteiger partial charge < -0.3 is 14.9 Å². The Kier molecular flexibility index (Phi) is 4.62. The molecular formula is C14H19ClO3. The van der Waals surface area contributed by atoms with Gasteiger partial charge in [-0.05, 0) is 36.5 Å². The predicted molar refractivity (Wildman–Crippen MR) is 70.8 cm³/mol. The maximum absolute atomic E-state index is 9.62. The van der Waals surface area contributed by atoms with E-state index < -0.39 is 5.41 Å². The van der Waals surface area contributed by atoms with E-state index in [9.17, 15) is 10.2 Å². The van der Waals surface area contributed by atoms with Crippen LogP contribution in [0.2, 0.25) is 5.02 Å². The molecule has 0 heterocycles. The number of aliphatic hydroxyl groups is 2. The van der Waals surface area contributed by atoms with Crippen molar-refractivity contribution in [3.8, 4) is 0 Å². The number of halogens is 1. The van der Waals surface area contributed by atoms with Crippen molar-refractivity contribution in [1.29, 1.82) is 0 Å². The van der Waals surface area contributed by atoms with Gasteiger partial charge in [0, 0.05) is 11.6 Å². The number of hydrogen-bond donors (Lipinski definition) is 2. The van der Waals surface area contributed by atoms with Crippen molar-refractivity contribution in [2.45, 2.75) is 18.3 Å². The summed E-state index contributed by atoms with van der Waals surface area (Å²) in [5.74, 6) is 0.666. The molecule has 1 aromatic carbocycles. The van der Waals surface area contributed by atoms with Crippen LogP contribution in [0.5, 0.6) is 0 Å². The molecule has 1 aromatic rings. The van der Waals surface area contributed by atoms with Crippen LogP contribution in [0.1, 0.15) is 18.4 Å². The lowest BCUT2D eigenvalue weighted by atomic mass is 9.83. The van der Waals surface area contributed by atoms with Crippen molar-refractivity contribution in [1.82, 2.24) is 0 Å². The zero-order valence-electron chi connectivity index (χ0n) is 10.3. The first-order chi connectivity index (χ1) is 8.70. The van der Waals surface area contributed by atoms with E-state index in [2.05, 4.69) is 0 Å². The van der Waals surface area contributed by atoms with E-state index in [1.54, 1.807) is 12.1 Å². The highest BCUT2D eigenvalue weighted by atomic mass is 35.5. The van der Waals surface area contributed by atoms with Gasteiger partial charge in [0.1, 0.15) is 0 Å². The molecule has 4 heteroatoms. The molecule has 0 aromatic heterocycles. The first kappa shape index (κ1) is 13.8. The van der Waals surface area contributed by atoms with Crippen molar-refractivity contribution in [3.05, 3.63) is 34.9 Å². The molecule has 1 aliphatic rings. The van der Waals surface area contributed by atoms with Crippen LogP contribution in [0, 0.1) is 5.92 Å². The van der Waals surface area contributed by atoms with E-state index in [0.717, 1.165) is 5.56 Å². The Morgan fingerprint density at radius 1 is 1.28 bits per heavy atom. The summed E-state index contributed by atoms with van der Waals surface area (Å²) >= 11 is 5.96. The van der Waals surface area contributed by atoms with Gasteiger partial charge in [0.2, 0.25) is 0 Å². The second kappa shape index (κ2) is 6.02. The lowest BCUT2D eigenvalue weighted by molar-refractivity contribution is 0.0164. The van der Waals surface area contributed by atoms with Crippen LogP contribution in [0.25, 0.3) is 0 Å². The highest BCUT2D eigenvalue weighted by Crippen LogP contribution is 2.31. The van der Waals surface area contributed by atoms with Crippen LogP contribution in [0.4, 0.5) is 0 Å². The summed E-state index contributed by atoms with van der Waals surface area (Å²) in [6.07, 6.45) is 2.45. The molecular weight excluding hydrogens is 252 g/mol. The van der Waals surface area contributed by atoms with Crippen molar-refractivity contribution < 1.29 is 14.9 Å². The largest absolute Gasteiger partial charge is 0.395 e. The smallest absolute Gasteiger partial charge is 0.0649 e. The molecule has 0 spiro atoms. The molecule has 0 atom stereocenters. The Labute approximate surface area is 112 Å². The minimum absolute atomic E-state index is 0.158. The average Bonchev–Trinajstić information content (AvgIpc) is 3.19. The fourth-order valence-electron chi connectivity index (χ4n) is 1.93. The van der Waals surface area contributed by atoms with Gasteiger partial charge in [-0.3, -0.25) is 0 Å². The molecule has 0 aliphatic heterocycles. The molecule has 0 radical (unpaired) electrons. The fraction of sp³-hybridized carbons (Fsp3) is 0.571. The first-order valence-corrected chi connectivity index (χ1v) is 6.63. The highest BCUT2D eigenvalue weighted by Gasteiger charge is 2.32. The second-order valence-corrected chi connectivity index (χ2v) is 5.50. The van der Waals surface area contributed by atoms with Crippen LogP contribution in [-0.4, -0.2) is 36.6 Å². The standard InChI is InChI=1S/C14H19ClO3/c15-13-3-1-2-12(6-13)14(8-16,9-17)10-18-7-11-4-5-11/h1-3,6,11,16-17H,4-5,7-10H2. The van der Waals surface area contributed by atoms with E-state index >= 15 is 0 Å². The molecule has 2 rings (SSSR count). The summed E-state index contributed by atoms with van der Waals surface area (Å²) in [6.45, 7) is 0.710. The van der Waals surface area contributed by atoms with Gasteiger partial charge in [-0.1, -0.05) is 23.7 Å². The van der Waals surface area contributed by atoms with Crippen molar-refractivity contribution in [2.24, 2.45) is 5.92 Å². The predicted octanol–water partition coefficient (Wildman–Crippen LogP) is 1.99. The van der Waals surface area contributed by atoms with Gasteiger partial charge in [-0.25, -0.2) is 0 Å². The molecule has 2 N–H and O–H groups in total. The maximum atomic E-state index is 9.62. The molecule has 1 aliphatic carbocycles. The van der Waals surface area contributed by atoms with Gasteiger partial charge >= 0.3 is 0 Å². The number of benzene rings is 1. The zero-order valence-corrected chi connectivity index (χ0v) is 11.1. The monoisotopic (exact) mass is 270 g/mol. The number of rotatable bonds is 7. The fourth-order valence-corrected chi connectivity index (χ4v) is 2.12. The molecule has 3 nitrogen and oxygen atoms in total. The molecule has 0 unspecified atom stereocenters. The van der Waals surface area contributed by atoms with Gasteiger partial charge in [-0.2, -0.15) is 0 Å². The molecule has 100 valence electrons. The third kappa shape index (κ3) is 3.23. The SMILES string of the molecule is OCC(CO)(COCC1CC1)c1cccc(Cl)c1. The van der Waals surface area contributed by atoms with Crippen molar-refractivity contribution >= 4 is 11.6 Å². The van der Waals surface area contributed by atoms with E-state index in [1.165, 1.54) is 12.8 Å². The third-order valence-electron chi connectivity index (χ3n) is 3.47. The van der Waals surface area contributed by atoms with E-state index in [-0.39, 0.29) is 13.2 Å². The maximum Gasteiger partial charge on any atom is 0.0649 e. The van der Waals surface area contributed by atoms with Crippen molar-refractivity contribution in [2.75, 3.05) is 26.4 Å². The Morgan fingerprint density at radius 3 is 2.56 bits per heavy atom. The third-order valence-corrected chi connectivity index (χ3v) is 3.71. The zero-order chi connectivity index (χ0) is 13.0. The summed E-state index contributed by atoms with van der Waals surface area (Å²) < 4.78 is 5.64. The lowest BCUT2D eigenvalue weighted by Gasteiger charge is -2.30. The summed E-state index contributed by atoms with van der Waals surface area (Å²) in [7, 11) is 0. The topological polar surface area (TPSA) is 49.7 Å². The first-order valence-electron chi connectivity index (χ1n) is 6.26. The lowest BCUT2D eigenvalue weighted by Crippen LogP contribution is -2.40. The molecule has 1 fully saturated rings. The van der Waals surface area contributed by atoms with Crippen LogP contribution in [-0.2, 0) is 10.2 Å². The van der Waals surface area contributed by atoms with Crippen LogP contribution in [0.3, 0.4) is 0 Å². The Hall–Kier alpha value is -0.610. The quantitative estimate of drug-likeness (QED) is 0.797. The minimum atomic E-state index is -0.764. The molecule has 0 bridgehead atoms. The van der Waals surface area contributed by atoms with Crippen LogP contribution < -0.4 is 0 Å². The highest BCUT2D eigenvalue weighted by molar-refractivity contribution is 6.30. The van der Waals surface area contributed by atoms with Gasteiger partial charge in [0.25, 0.3) is 0 Å².